The van der Waals surface area contributed by atoms with Crippen molar-refractivity contribution >= 4 is 23.2 Å². The molecule has 0 saturated carbocycles. The molecule has 3 N–H and O–H groups in total. The molecule has 1 aromatic heterocycles. The quantitative estimate of drug-likeness (QED) is 0.636. The van der Waals surface area contributed by atoms with Gasteiger partial charge in [0.15, 0.2) is 6.04 Å². The van der Waals surface area contributed by atoms with Crippen LogP contribution in [0.1, 0.15) is 37.6 Å². The number of nitrogens with one attached hydrogen (secondary N) is 2. The second-order valence-electron chi connectivity index (χ2n) is 4.57. The Morgan fingerprint density at radius 3 is 2.68 bits per heavy atom. The minimum absolute atomic E-state index is 0.230. The average molecular weight is 284 g/mol. The number of carboxylic acids is 1. The topological polar surface area (TPSA) is 78.4 Å². The molecule has 0 bridgehead atoms. The van der Waals surface area contributed by atoms with E-state index in [-0.39, 0.29) is 5.91 Å². The highest BCUT2D eigenvalue weighted by Crippen LogP contribution is 2.19. The van der Waals surface area contributed by atoms with Crippen molar-refractivity contribution in [3.05, 3.63) is 22.4 Å². The van der Waals surface area contributed by atoms with Gasteiger partial charge in [-0.25, -0.2) is 4.79 Å². The van der Waals surface area contributed by atoms with Crippen LogP contribution in [0.4, 0.5) is 0 Å². The monoisotopic (exact) mass is 284 g/mol. The van der Waals surface area contributed by atoms with E-state index in [9.17, 15) is 9.59 Å². The second kappa shape index (κ2) is 7.91. The first kappa shape index (κ1) is 15.7. The first-order valence-corrected chi connectivity index (χ1v) is 7.17. The Morgan fingerprint density at radius 1 is 1.42 bits per heavy atom. The van der Waals surface area contributed by atoms with Crippen LogP contribution in [-0.4, -0.2) is 29.6 Å². The van der Waals surface area contributed by atoms with Crippen LogP contribution in [0.2, 0.25) is 0 Å². The zero-order chi connectivity index (χ0) is 14.3. The van der Waals surface area contributed by atoms with Crippen molar-refractivity contribution in [3.8, 4) is 0 Å². The molecule has 1 amide bonds. The molecule has 5 nitrogen and oxygen atoms in total. The van der Waals surface area contributed by atoms with E-state index in [0.29, 0.717) is 23.8 Å². The van der Waals surface area contributed by atoms with Gasteiger partial charge in [-0.15, -0.1) is 11.3 Å². The van der Waals surface area contributed by atoms with Crippen LogP contribution in [0.25, 0.3) is 0 Å². The van der Waals surface area contributed by atoms with Gasteiger partial charge in [0.2, 0.25) is 5.91 Å². The normalized spacial score (nSPS) is 12.4. The van der Waals surface area contributed by atoms with Gasteiger partial charge in [0.1, 0.15) is 0 Å². The summed E-state index contributed by atoms with van der Waals surface area (Å²) in [4.78, 5) is 23.5. The Morgan fingerprint density at radius 2 is 2.16 bits per heavy atom. The van der Waals surface area contributed by atoms with E-state index in [1.807, 2.05) is 13.8 Å². The number of aliphatic carboxylic acids is 1. The van der Waals surface area contributed by atoms with Crippen LogP contribution in [-0.2, 0) is 9.59 Å². The van der Waals surface area contributed by atoms with Gasteiger partial charge in [-0.3, -0.25) is 4.79 Å². The third-order valence-corrected chi connectivity index (χ3v) is 3.45. The minimum atomic E-state index is -1.03. The van der Waals surface area contributed by atoms with Gasteiger partial charge in [-0.2, -0.15) is 0 Å². The molecule has 0 aromatic carbocycles. The van der Waals surface area contributed by atoms with Crippen LogP contribution in [0.3, 0.4) is 0 Å². The molecule has 1 heterocycles. The predicted octanol–water partition coefficient (Wildman–Crippen LogP) is 1.77. The summed E-state index contributed by atoms with van der Waals surface area (Å²) in [5.74, 6) is -1.26. The molecule has 106 valence electrons. The van der Waals surface area contributed by atoms with Crippen molar-refractivity contribution in [2.75, 3.05) is 6.54 Å². The lowest BCUT2D eigenvalue weighted by molar-refractivity contribution is -0.141. The van der Waals surface area contributed by atoms with Gasteiger partial charge in [0, 0.05) is 17.3 Å². The summed E-state index contributed by atoms with van der Waals surface area (Å²) in [5, 5.41) is 16.7. The van der Waals surface area contributed by atoms with Crippen molar-refractivity contribution < 1.29 is 14.7 Å². The molecule has 0 fully saturated rings. The zero-order valence-corrected chi connectivity index (χ0v) is 12.0. The Kier molecular flexibility index (Phi) is 6.52. The lowest BCUT2D eigenvalue weighted by Gasteiger charge is -2.13. The summed E-state index contributed by atoms with van der Waals surface area (Å²) < 4.78 is 0. The largest absolute Gasteiger partial charge is 0.479 e. The molecule has 1 unspecified atom stereocenters. The van der Waals surface area contributed by atoms with E-state index < -0.39 is 12.0 Å². The van der Waals surface area contributed by atoms with Gasteiger partial charge in [0.05, 0.1) is 0 Å². The van der Waals surface area contributed by atoms with Crippen LogP contribution >= 0.6 is 11.3 Å². The Bertz CT molecular complexity index is 404. The number of carboxylic acid groups (broad SMARTS) is 1. The summed E-state index contributed by atoms with van der Waals surface area (Å²) in [6.07, 6.45) is 1.02. The summed E-state index contributed by atoms with van der Waals surface area (Å²) >= 11 is 1.33. The molecule has 1 atom stereocenters. The van der Waals surface area contributed by atoms with E-state index in [4.69, 9.17) is 5.11 Å². The molecule has 0 aliphatic rings. The molecule has 0 radical (unpaired) electrons. The minimum Gasteiger partial charge on any atom is -0.479 e. The highest BCUT2D eigenvalue weighted by Gasteiger charge is 2.22. The lowest BCUT2D eigenvalue weighted by atomic mass is 10.2. The van der Waals surface area contributed by atoms with Crippen molar-refractivity contribution in [1.29, 1.82) is 0 Å². The standard InChI is InChI=1S/C13H20N2O3S/c1-9(2)14-7-3-6-11(16)15-12(13(17)18)10-5-4-8-19-10/h4-5,8-9,12,14H,3,6-7H2,1-2H3,(H,15,16)(H,17,18). The molecule has 0 spiro atoms. The van der Waals surface area contributed by atoms with E-state index >= 15 is 0 Å². The van der Waals surface area contributed by atoms with E-state index in [2.05, 4.69) is 10.6 Å². The molecule has 0 aliphatic heterocycles. The number of carbonyl (C=O) groups is 2. The number of rotatable bonds is 8. The third kappa shape index (κ3) is 5.85. The number of carbonyl (C=O) groups excluding carboxylic acids is 1. The second-order valence-corrected chi connectivity index (χ2v) is 5.55. The van der Waals surface area contributed by atoms with Crippen molar-refractivity contribution in [3.63, 3.8) is 0 Å². The fourth-order valence-electron chi connectivity index (χ4n) is 1.58. The number of amides is 1. The molecule has 0 saturated heterocycles. The van der Waals surface area contributed by atoms with Crippen molar-refractivity contribution in [2.24, 2.45) is 0 Å². The van der Waals surface area contributed by atoms with Crippen LogP contribution in [0, 0.1) is 0 Å². The highest BCUT2D eigenvalue weighted by atomic mass is 32.1. The smallest absolute Gasteiger partial charge is 0.331 e. The first-order chi connectivity index (χ1) is 9.00. The Hall–Kier alpha value is -1.40. The SMILES string of the molecule is CC(C)NCCCC(=O)NC(C(=O)O)c1cccs1. The van der Waals surface area contributed by atoms with Crippen LogP contribution in [0.15, 0.2) is 17.5 Å². The van der Waals surface area contributed by atoms with Crippen LogP contribution < -0.4 is 10.6 Å². The van der Waals surface area contributed by atoms with Crippen molar-refractivity contribution in [1.82, 2.24) is 10.6 Å². The van der Waals surface area contributed by atoms with Gasteiger partial charge in [-0.1, -0.05) is 19.9 Å². The number of hydrogen-bond acceptors (Lipinski definition) is 4. The molecule has 0 aliphatic carbocycles. The lowest BCUT2D eigenvalue weighted by Crippen LogP contribution is -2.33. The summed E-state index contributed by atoms with van der Waals surface area (Å²) in [7, 11) is 0. The first-order valence-electron chi connectivity index (χ1n) is 6.29. The van der Waals surface area contributed by atoms with Crippen molar-refractivity contribution in [2.45, 2.75) is 38.8 Å². The molecular formula is C13H20N2O3S. The molecule has 1 rings (SSSR count). The highest BCUT2D eigenvalue weighted by molar-refractivity contribution is 7.10. The molecule has 6 heteroatoms. The van der Waals surface area contributed by atoms with Crippen LogP contribution in [0.5, 0.6) is 0 Å². The fraction of sp³-hybridized carbons (Fsp3) is 0.538. The summed E-state index contributed by atoms with van der Waals surface area (Å²) in [6.45, 7) is 4.83. The van der Waals surface area contributed by atoms with Gasteiger partial charge >= 0.3 is 5.97 Å². The maximum atomic E-state index is 11.7. The average Bonchev–Trinajstić information content (AvgIpc) is 2.84. The molecular weight excluding hydrogens is 264 g/mol. The van der Waals surface area contributed by atoms with E-state index in [1.54, 1.807) is 17.5 Å². The third-order valence-electron chi connectivity index (χ3n) is 2.51. The number of thiophene rings is 1. The molecule has 1 aromatic rings. The van der Waals surface area contributed by atoms with E-state index in [0.717, 1.165) is 6.54 Å². The fourth-order valence-corrected chi connectivity index (χ4v) is 2.35. The maximum Gasteiger partial charge on any atom is 0.331 e. The Balaban J connectivity index is 2.39. The predicted molar refractivity (Wildman–Crippen MR) is 75.2 cm³/mol. The van der Waals surface area contributed by atoms with Gasteiger partial charge in [-0.05, 0) is 24.4 Å². The summed E-state index contributed by atoms with van der Waals surface area (Å²) in [5.41, 5.74) is 0. The van der Waals surface area contributed by atoms with E-state index in [1.165, 1.54) is 11.3 Å². The number of hydrogen-bond donors (Lipinski definition) is 3. The Labute approximate surface area is 117 Å². The maximum absolute atomic E-state index is 11.7. The van der Waals surface area contributed by atoms with Gasteiger partial charge in [0.25, 0.3) is 0 Å². The molecule has 19 heavy (non-hydrogen) atoms. The zero-order valence-electron chi connectivity index (χ0n) is 11.2. The summed E-state index contributed by atoms with van der Waals surface area (Å²) in [6, 6.07) is 2.94. The van der Waals surface area contributed by atoms with Gasteiger partial charge < -0.3 is 15.7 Å².